The monoisotopic (exact) mass is 451 g/mol. The molecule has 0 saturated carbocycles. The second-order valence-corrected chi connectivity index (χ2v) is 14.3. The molecule has 0 aliphatic carbocycles. The summed E-state index contributed by atoms with van der Waals surface area (Å²) >= 11 is 0. The minimum atomic E-state index is -2.86. The van der Waals surface area contributed by atoms with Crippen molar-refractivity contribution in [3.63, 3.8) is 0 Å². The number of fused-ring (bicyclic) bond motifs is 1. The number of nitrogens with zero attached hydrogens (tertiary/aromatic N) is 6. The topological polar surface area (TPSA) is 88.3 Å². The lowest BCUT2D eigenvalue weighted by Gasteiger charge is -2.42. The summed E-state index contributed by atoms with van der Waals surface area (Å²) in [6.45, 7) is 3.62. The van der Waals surface area contributed by atoms with Gasteiger partial charge in [-0.15, -0.1) is 0 Å². The van der Waals surface area contributed by atoms with Gasteiger partial charge in [0.15, 0.2) is 5.65 Å². The number of aromatic nitrogens is 5. The van der Waals surface area contributed by atoms with E-state index in [-0.39, 0.29) is 11.7 Å². The van der Waals surface area contributed by atoms with Crippen LogP contribution in [0, 0.1) is 5.92 Å². The molecule has 1 aliphatic rings. The highest BCUT2D eigenvalue weighted by atomic mass is 32.3. The van der Waals surface area contributed by atoms with Gasteiger partial charge in [0, 0.05) is 50.2 Å². The molecule has 0 spiro atoms. The van der Waals surface area contributed by atoms with Crippen molar-refractivity contribution in [2.75, 3.05) is 36.8 Å². The third-order valence-corrected chi connectivity index (χ3v) is 6.23. The molecule has 2 atom stereocenters. The third-order valence-electron chi connectivity index (χ3n) is 5.09. The van der Waals surface area contributed by atoms with E-state index in [1.807, 2.05) is 6.07 Å². The van der Waals surface area contributed by atoms with Gasteiger partial charge in [0.1, 0.15) is 17.8 Å². The Labute approximate surface area is 179 Å². The predicted molar refractivity (Wildman–Crippen MR) is 118 cm³/mol. The third kappa shape index (κ3) is 5.04. The van der Waals surface area contributed by atoms with Crippen LogP contribution in [0.1, 0.15) is 25.5 Å². The molecule has 4 rings (SSSR count). The first kappa shape index (κ1) is 21.7. The second kappa shape index (κ2) is 7.56. The van der Waals surface area contributed by atoms with E-state index in [0.29, 0.717) is 29.4 Å². The van der Waals surface area contributed by atoms with Crippen molar-refractivity contribution in [1.29, 1.82) is 0 Å². The van der Waals surface area contributed by atoms with E-state index in [2.05, 4.69) is 36.6 Å². The van der Waals surface area contributed by atoms with Gasteiger partial charge in [0.25, 0.3) is 6.43 Å². The molecule has 168 valence electrons. The Balaban J connectivity index is 1.65. The van der Waals surface area contributed by atoms with Crippen LogP contribution in [-0.2, 0) is 9.25 Å². The standard InChI is InChI=1S/C20H27F2N7OS/c1-13-7-14(27-31(2,3,4)30)11-28(10-13)18-8-17(23-12-24-18)15-9-25-29-6-5-16(19(21)22)26-20(15)29/h5-6,8-9,12-14,19H,7,10-11H2,1-4H3,(H,27,30). The number of halogens is 2. The van der Waals surface area contributed by atoms with E-state index in [4.69, 9.17) is 0 Å². The summed E-state index contributed by atoms with van der Waals surface area (Å²) in [7, 11) is -2.86. The first-order chi connectivity index (χ1) is 14.4. The number of nitrogens with one attached hydrogen (secondary N) is 1. The lowest BCUT2D eigenvalue weighted by Crippen LogP contribution is -2.57. The number of anilines is 1. The molecule has 3 aromatic heterocycles. The minimum absolute atomic E-state index is 0.0638. The van der Waals surface area contributed by atoms with Gasteiger partial charge in [0.05, 0.1) is 17.5 Å². The zero-order chi connectivity index (χ0) is 22.4. The fourth-order valence-electron chi connectivity index (χ4n) is 4.04. The van der Waals surface area contributed by atoms with Gasteiger partial charge in [-0.1, -0.05) is 16.2 Å². The molecule has 11 heteroatoms. The van der Waals surface area contributed by atoms with Crippen molar-refractivity contribution < 1.29 is 13.0 Å². The SMILES string of the molecule is CC1CC(NS(C)(C)(C)=O)CN(c2cc(-c3cnn4ccc(C(F)F)nc34)ncn2)C1. The van der Waals surface area contributed by atoms with E-state index < -0.39 is 15.7 Å². The Morgan fingerprint density at radius 3 is 2.71 bits per heavy atom. The Bertz CT molecular complexity index is 1160. The molecule has 0 aromatic carbocycles. The molecule has 8 nitrogen and oxygen atoms in total. The summed E-state index contributed by atoms with van der Waals surface area (Å²) in [5.74, 6) is 1.10. The van der Waals surface area contributed by atoms with Gasteiger partial charge >= 0.3 is 0 Å². The number of rotatable bonds is 5. The molecular formula is C20H27F2N7OS. The van der Waals surface area contributed by atoms with Crippen molar-refractivity contribution in [3.05, 3.63) is 36.5 Å². The van der Waals surface area contributed by atoms with Crippen LogP contribution in [-0.4, -0.2) is 66.7 Å². The molecule has 1 saturated heterocycles. The molecular weight excluding hydrogens is 424 g/mol. The molecule has 1 fully saturated rings. The van der Waals surface area contributed by atoms with Crippen molar-refractivity contribution in [1.82, 2.24) is 29.3 Å². The zero-order valence-corrected chi connectivity index (χ0v) is 18.8. The van der Waals surface area contributed by atoms with Crippen LogP contribution in [0.2, 0.25) is 0 Å². The van der Waals surface area contributed by atoms with E-state index >= 15 is 0 Å². The number of piperidine rings is 1. The summed E-state index contributed by atoms with van der Waals surface area (Å²) in [6, 6.07) is 3.14. The van der Waals surface area contributed by atoms with Crippen molar-refractivity contribution in [2.45, 2.75) is 25.8 Å². The lowest BCUT2D eigenvalue weighted by molar-refractivity contribution is 0.146. The number of hydrogen-bond donors (Lipinski definition) is 1. The Morgan fingerprint density at radius 2 is 2.00 bits per heavy atom. The smallest absolute Gasteiger partial charge is 0.280 e. The van der Waals surface area contributed by atoms with Crippen LogP contribution in [0.4, 0.5) is 14.6 Å². The Morgan fingerprint density at radius 1 is 1.23 bits per heavy atom. The quantitative estimate of drug-likeness (QED) is 0.642. The van der Waals surface area contributed by atoms with Crippen molar-refractivity contribution in [2.24, 2.45) is 5.92 Å². The van der Waals surface area contributed by atoms with Gasteiger partial charge < -0.3 is 4.90 Å². The molecule has 0 amide bonds. The maximum atomic E-state index is 13.1. The highest BCUT2D eigenvalue weighted by Gasteiger charge is 2.30. The van der Waals surface area contributed by atoms with E-state index in [0.717, 1.165) is 18.8 Å². The largest absolute Gasteiger partial charge is 0.355 e. The summed E-state index contributed by atoms with van der Waals surface area (Å²) in [4.78, 5) is 15.0. The van der Waals surface area contributed by atoms with Crippen LogP contribution in [0.15, 0.2) is 30.9 Å². The van der Waals surface area contributed by atoms with Crippen LogP contribution in [0.5, 0.6) is 0 Å². The summed E-state index contributed by atoms with van der Waals surface area (Å²) in [5.41, 5.74) is 1.13. The number of alkyl halides is 2. The predicted octanol–water partition coefficient (Wildman–Crippen LogP) is 2.55. The average molecular weight is 452 g/mol. The average Bonchev–Trinajstić information content (AvgIpc) is 3.08. The van der Waals surface area contributed by atoms with Gasteiger partial charge in [-0.05, 0) is 18.4 Å². The molecule has 31 heavy (non-hydrogen) atoms. The first-order valence-electron chi connectivity index (χ1n) is 10.0. The molecule has 2 unspecified atom stereocenters. The highest BCUT2D eigenvalue weighted by molar-refractivity contribution is 8.16. The number of hydrogen-bond acceptors (Lipinski definition) is 6. The van der Waals surface area contributed by atoms with E-state index in [1.54, 1.807) is 25.0 Å². The maximum absolute atomic E-state index is 13.1. The minimum Gasteiger partial charge on any atom is -0.355 e. The van der Waals surface area contributed by atoms with Crippen LogP contribution >= 0.6 is 0 Å². The molecule has 4 heterocycles. The lowest BCUT2D eigenvalue weighted by atomic mass is 9.96. The van der Waals surface area contributed by atoms with Crippen LogP contribution < -0.4 is 9.62 Å². The van der Waals surface area contributed by atoms with Gasteiger partial charge in [-0.2, -0.15) is 5.10 Å². The van der Waals surface area contributed by atoms with Crippen molar-refractivity contribution in [3.8, 4) is 11.3 Å². The fourth-order valence-corrected chi connectivity index (χ4v) is 5.35. The fraction of sp³-hybridized carbons (Fsp3) is 0.500. The van der Waals surface area contributed by atoms with E-state index in [1.165, 1.54) is 23.1 Å². The Hall–Kier alpha value is -2.53. The van der Waals surface area contributed by atoms with Gasteiger partial charge in [0.2, 0.25) is 0 Å². The van der Waals surface area contributed by atoms with Crippen LogP contribution in [0.25, 0.3) is 16.9 Å². The van der Waals surface area contributed by atoms with E-state index in [9.17, 15) is 13.0 Å². The maximum Gasteiger partial charge on any atom is 0.280 e. The molecule has 0 radical (unpaired) electrons. The van der Waals surface area contributed by atoms with Gasteiger partial charge in [-0.25, -0.2) is 28.2 Å². The van der Waals surface area contributed by atoms with Crippen LogP contribution in [0.3, 0.4) is 0 Å². The zero-order valence-electron chi connectivity index (χ0n) is 18.0. The molecule has 1 aliphatic heterocycles. The second-order valence-electron chi connectivity index (χ2n) is 9.22. The summed E-state index contributed by atoms with van der Waals surface area (Å²) in [5, 5.41) is 4.20. The molecule has 3 aromatic rings. The summed E-state index contributed by atoms with van der Waals surface area (Å²) < 4.78 is 43.8. The van der Waals surface area contributed by atoms with Gasteiger partial charge in [-0.3, -0.25) is 8.93 Å². The van der Waals surface area contributed by atoms with Crippen molar-refractivity contribution >= 4 is 20.7 Å². The molecule has 0 bridgehead atoms. The summed E-state index contributed by atoms with van der Waals surface area (Å²) in [6.07, 6.45) is 7.98. The molecule has 1 N–H and O–H groups in total. The highest BCUT2D eigenvalue weighted by Crippen LogP contribution is 2.28. The first-order valence-corrected chi connectivity index (χ1v) is 13.2. The normalized spacial score (nSPS) is 21.4. The Kier molecular flexibility index (Phi) is 5.29.